The van der Waals surface area contributed by atoms with E-state index in [1.165, 1.54) is 12.1 Å². The highest BCUT2D eigenvalue weighted by molar-refractivity contribution is 7.89. The Hall–Kier alpha value is -2.19. The maximum Gasteiger partial charge on any atom is 0.240 e. The van der Waals surface area contributed by atoms with Gasteiger partial charge in [0.05, 0.1) is 12.0 Å². The largest absolute Gasteiger partial charge is 0.481 e. The molecule has 0 aliphatic carbocycles. The van der Waals surface area contributed by atoms with Crippen LogP contribution in [0.15, 0.2) is 35.4 Å². The van der Waals surface area contributed by atoms with Crippen LogP contribution in [0.25, 0.3) is 0 Å². The van der Waals surface area contributed by atoms with E-state index in [4.69, 9.17) is 4.74 Å². The van der Waals surface area contributed by atoms with Crippen LogP contribution in [0.1, 0.15) is 19.4 Å². The first-order valence-corrected chi connectivity index (χ1v) is 8.57. The number of ether oxygens (including phenoxy) is 1. The van der Waals surface area contributed by atoms with E-state index in [1.807, 2.05) is 6.92 Å². The average Bonchev–Trinajstić information content (AvgIpc) is 2.48. The smallest absolute Gasteiger partial charge is 0.240 e. The lowest BCUT2D eigenvalue weighted by atomic mass is 10.3. The van der Waals surface area contributed by atoms with Crippen LogP contribution >= 0.6 is 0 Å². The van der Waals surface area contributed by atoms with Gasteiger partial charge in [-0.15, -0.1) is 0 Å². The van der Waals surface area contributed by atoms with Gasteiger partial charge in [-0.2, -0.15) is 4.98 Å². The van der Waals surface area contributed by atoms with Crippen molar-refractivity contribution in [3.63, 3.8) is 0 Å². The van der Waals surface area contributed by atoms with E-state index in [1.54, 1.807) is 39.3 Å². The number of methoxy groups -OCH3 is 1. The minimum atomic E-state index is -3.49. The molecule has 1 aromatic carbocycles. The Bertz CT molecular complexity index is 774. The van der Waals surface area contributed by atoms with Gasteiger partial charge in [-0.1, -0.05) is 0 Å². The number of anilines is 2. The first-order valence-electron chi connectivity index (χ1n) is 7.09. The van der Waals surface area contributed by atoms with Gasteiger partial charge in [0, 0.05) is 23.5 Å². The molecule has 0 saturated heterocycles. The van der Waals surface area contributed by atoms with Crippen molar-refractivity contribution in [1.82, 2.24) is 14.7 Å². The molecule has 0 radical (unpaired) electrons. The molecule has 2 N–H and O–H groups in total. The molecular formula is C15H20N4O3S. The molecule has 23 heavy (non-hydrogen) atoms. The number of aryl methyl sites for hydroxylation is 1. The van der Waals surface area contributed by atoms with Gasteiger partial charge in [0.15, 0.2) is 0 Å². The molecular weight excluding hydrogens is 316 g/mol. The maximum atomic E-state index is 12.1. The van der Waals surface area contributed by atoms with Gasteiger partial charge < -0.3 is 10.1 Å². The van der Waals surface area contributed by atoms with Gasteiger partial charge in [0.1, 0.15) is 0 Å². The van der Waals surface area contributed by atoms with Crippen molar-refractivity contribution in [1.29, 1.82) is 0 Å². The zero-order chi connectivity index (χ0) is 17.0. The molecule has 0 fully saturated rings. The van der Waals surface area contributed by atoms with Crippen LogP contribution in [0, 0.1) is 6.92 Å². The lowest BCUT2D eigenvalue weighted by Crippen LogP contribution is -2.30. The summed E-state index contributed by atoms with van der Waals surface area (Å²) >= 11 is 0. The number of benzene rings is 1. The van der Waals surface area contributed by atoms with E-state index in [0.717, 1.165) is 5.56 Å². The lowest BCUT2D eigenvalue weighted by molar-refractivity contribution is 0.394. The quantitative estimate of drug-likeness (QED) is 0.840. The monoisotopic (exact) mass is 336 g/mol. The number of rotatable bonds is 6. The lowest BCUT2D eigenvalue weighted by Gasteiger charge is -2.11. The van der Waals surface area contributed by atoms with E-state index >= 15 is 0 Å². The minimum Gasteiger partial charge on any atom is -0.481 e. The summed E-state index contributed by atoms with van der Waals surface area (Å²) < 4.78 is 31.8. The third-order valence-corrected chi connectivity index (χ3v) is 4.60. The summed E-state index contributed by atoms with van der Waals surface area (Å²) in [5.74, 6) is 0.867. The Kier molecular flexibility index (Phi) is 5.17. The fraction of sp³-hybridized carbons (Fsp3) is 0.333. The van der Waals surface area contributed by atoms with Crippen molar-refractivity contribution >= 4 is 21.7 Å². The predicted octanol–water partition coefficient (Wildman–Crippen LogP) is 2.22. The molecule has 1 aromatic heterocycles. The van der Waals surface area contributed by atoms with Gasteiger partial charge in [-0.25, -0.2) is 18.1 Å². The highest BCUT2D eigenvalue weighted by Crippen LogP contribution is 2.19. The molecule has 0 aliphatic rings. The van der Waals surface area contributed by atoms with Crippen LogP contribution in [-0.2, 0) is 10.0 Å². The zero-order valence-corrected chi connectivity index (χ0v) is 14.3. The molecule has 0 saturated carbocycles. The summed E-state index contributed by atoms with van der Waals surface area (Å²) in [5, 5.41) is 3.01. The first kappa shape index (κ1) is 17.2. The Labute approximate surface area is 136 Å². The van der Waals surface area contributed by atoms with E-state index in [0.29, 0.717) is 17.5 Å². The number of aromatic nitrogens is 2. The average molecular weight is 336 g/mol. The molecule has 2 rings (SSSR count). The van der Waals surface area contributed by atoms with E-state index < -0.39 is 10.0 Å². The van der Waals surface area contributed by atoms with Crippen LogP contribution in [0.5, 0.6) is 5.88 Å². The number of hydrogen-bond donors (Lipinski definition) is 2. The van der Waals surface area contributed by atoms with Gasteiger partial charge in [-0.3, -0.25) is 0 Å². The summed E-state index contributed by atoms with van der Waals surface area (Å²) in [6.45, 7) is 5.40. The SMILES string of the molecule is COc1nc(Nc2ccc(S(=O)(=O)NC(C)C)cc2)ncc1C. The summed E-state index contributed by atoms with van der Waals surface area (Å²) in [6, 6.07) is 6.21. The van der Waals surface area contributed by atoms with Crippen LogP contribution in [0.3, 0.4) is 0 Å². The van der Waals surface area contributed by atoms with Crippen LogP contribution < -0.4 is 14.8 Å². The zero-order valence-electron chi connectivity index (χ0n) is 13.5. The molecule has 0 atom stereocenters. The summed E-state index contributed by atoms with van der Waals surface area (Å²) in [4.78, 5) is 8.59. The van der Waals surface area contributed by atoms with E-state index in [-0.39, 0.29) is 10.9 Å². The topological polar surface area (TPSA) is 93.2 Å². The molecule has 0 bridgehead atoms. The fourth-order valence-electron chi connectivity index (χ4n) is 1.92. The second-order valence-corrected chi connectivity index (χ2v) is 7.03. The van der Waals surface area contributed by atoms with E-state index in [9.17, 15) is 8.42 Å². The molecule has 0 unspecified atom stereocenters. The van der Waals surface area contributed by atoms with Crippen molar-refractivity contribution in [2.45, 2.75) is 31.7 Å². The van der Waals surface area contributed by atoms with Gasteiger partial charge >= 0.3 is 0 Å². The third kappa shape index (κ3) is 4.40. The van der Waals surface area contributed by atoms with E-state index in [2.05, 4.69) is 20.0 Å². The molecule has 7 nitrogen and oxygen atoms in total. The summed E-state index contributed by atoms with van der Waals surface area (Å²) in [5.41, 5.74) is 1.51. The van der Waals surface area contributed by atoms with Crippen LogP contribution in [0.4, 0.5) is 11.6 Å². The van der Waals surface area contributed by atoms with Crippen LogP contribution in [-0.4, -0.2) is 31.5 Å². The van der Waals surface area contributed by atoms with Crippen LogP contribution in [0.2, 0.25) is 0 Å². The Morgan fingerprint density at radius 2 is 1.83 bits per heavy atom. The molecule has 124 valence electrons. The second kappa shape index (κ2) is 6.93. The number of sulfonamides is 1. The predicted molar refractivity (Wildman–Crippen MR) is 88.5 cm³/mol. The number of hydrogen-bond acceptors (Lipinski definition) is 6. The Balaban J connectivity index is 2.17. The Morgan fingerprint density at radius 3 is 2.39 bits per heavy atom. The third-order valence-electron chi connectivity index (χ3n) is 2.93. The van der Waals surface area contributed by atoms with Gasteiger partial charge in [0.2, 0.25) is 21.9 Å². The standard InChI is InChI=1S/C15H20N4O3S/c1-10(2)19-23(20,21)13-7-5-12(6-8-13)17-15-16-9-11(3)14(18-15)22-4/h5-10,19H,1-4H3,(H,16,17,18). The Morgan fingerprint density at radius 1 is 1.17 bits per heavy atom. The van der Waals surface area contributed by atoms with Gasteiger partial charge in [0.25, 0.3) is 0 Å². The first-order chi connectivity index (χ1) is 10.8. The minimum absolute atomic E-state index is 0.161. The number of nitrogens with one attached hydrogen (secondary N) is 2. The second-order valence-electron chi connectivity index (χ2n) is 5.31. The normalized spacial score (nSPS) is 11.5. The molecule has 0 amide bonds. The fourth-order valence-corrected chi connectivity index (χ4v) is 3.17. The highest BCUT2D eigenvalue weighted by atomic mass is 32.2. The number of nitrogens with zero attached hydrogens (tertiary/aromatic N) is 2. The summed E-state index contributed by atoms with van der Waals surface area (Å²) in [7, 11) is -1.95. The highest BCUT2D eigenvalue weighted by Gasteiger charge is 2.15. The van der Waals surface area contributed by atoms with Crippen molar-refractivity contribution in [2.24, 2.45) is 0 Å². The van der Waals surface area contributed by atoms with Gasteiger partial charge in [-0.05, 0) is 45.0 Å². The molecule has 1 heterocycles. The van der Waals surface area contributed by atoms with Crippen molar-refractivity contribution in [3.8, 4) is 5.88 Å². The molecule has 8 heteroatoms. The van der Waals surface area contributed by atoms with Crippen molar-refractivity contribution in [2.75, 3.05) is 12.4 Å². The molecule has 0 aliphatic heterocycles. The molecule has 2 aromatic rings. The van der Waals surface area contributed by atoms with Crippen molar-refractivity contribution < 1.29 is 13.2 Å². The van der Waals surface area contributed by atoms with Crippen molar-refractivity contribution in [3.05, 3.63) is 36.0 Å². The molecule has 0 spiro atoms. The maximum absolute atomic E-state index is 12.1. The summed E-state index contributed by atoms with van der Waals surface area (Å²) in [6.07, 6.45) is 1.65.